The molecule has 2 aromatic carbocycles. The van der Waals surface area contributed by atoms with Gasteiger partial charge in [0.1, 0.15) is 5.82 Å². The van der Waals surface area contributed by atoms with Gasteiger partial charge in [-0.05, 0) is 36.4 Å². The van der Waals surface area contributed by atoms with Crippen molar-refractivity contribution >= 4 is 26.7 Å². The lowest BCUT2D eigenvalue weighted by Gasteiger charge is -2.13. The van der Waals surface area contributed by atoms with E-state index in [2.05, 4.69) is 14.7 Å². The highest BCUT2D eigenvalue weighted by Crippen LogP contribution is 2.25. The van der Waals surface area contributed by atoms with Crippen LogP contribution in [-0.4, -0.2) is 18.4 Å². The summed E-state index contributed by atoms with van der Waals surface area (Å²) in [5.41, 5.74) is 1.50. The largest absolute Gasteiger partial charge is 0.341 e. The molecule has 0 atom stereocenters. The third kappa shape index (κ3) is 3.48. The highest BCUT2D eigenvalue weighted by atomic mass is 32.2. The fourth-order valence-electron chi connectivity index (χ4n) is 2.29. The molecule has 132 valence electrons. The van der Waals surface area contributed by atoms with Crippen molar-refractivity contribution in [3.63, 3.8) is 0 Å². The van der Waals surface area contributed by atoms with Crippen LogP contribution in [0.3, 0.4) is 0 Å². The number of rotatable bonds is 3. The van der Waals surface area contributed by atoms with Gasteiger partial charge < -0.3 is 4.98 Å². The molecule has 0 bridgehead atoms. The van der Waals surface area contributed by atoms with Crippen LogP contribution >= 0.6 is 0 Å². The molecule has 0 saturated heterocycles. The predicted octanol–water partition coefficient (Wildman–Crippen LogP) is 3.94. The summed E-state index contributed by atoms with van der Waals surface area (Å²) < 4.78 is 53.3. The number of sulfonamides is 1. The predicted molar refractivity (Wildman–Crippen MR) is 92.0 cm³/mol. The Labute approximate surface area is 144 Å². The second-order valence-electron chi connectivity index (χ2n) is 6.75. The van der Waals surface area contributed by atoms with E-state index < -0.39 is 21.7 Å². The van der Waals surface area contributed by atoms with Crippen LogP contribution in [0, 0.1) is 11.6 Å². The molecule has 3 rings (SSSR count). The van der Waals surface area contributed by atoms with E-state index in [1.807, 2.05) is 20.8 Å². The Balaban J connectivity index is 1.95. The van der Waals surface area contributed by atoms with Gasteiger partial charge in [0.25, 0.3) is 10.0 Å². The van der Waals surface area contributed by atoms with Crippen LogP contribution in [0.25, 0.3) is 11.0 Å². The van der Waals surface area contributed by atoms with Gasteiger partial charge in [0.15, 0.2) is 11.6 Å². The maximum absolute atomic E-state index is 13.3. The maximum atomic E-state index is 13.3. The monoisotopic (exact) mass is 365 g/mol. The quantitative estimate of drug-likeness (QED) is 0.738. The average Bonchev–Trinajstić information content (AvgIpc) is 2.93. The van der Waals surface area contributed by atoms with E-state index in [4.69, 9.17) is 0 Å². The number of hydrogen-bond donors (Lipinski definition) is 2. The van der Waals surface area contributed by atoms with E-state index in [1.165, 1.54) is 0 Å². The van der Waals surface area contributed by atoms with Gasteiger partial charge in [0.05, 0.1) is 21.6 Å². The summed E-state index contributed by atoms with van der Waals surface area (Å²) in [7, 11) is -4.03. The number of H-pyrrole nitrogens is 1. The van der Waals surface area contributed by atoms with Crippen molar-refractivity contribution in [1.82, 2.24) is 9.97 Å². The molecule has 0 aliphatic heterocycles. The van der Waals surface area contributed by atoms with E-state index in [1.54, 1.807) is 18.2 Å². The first-order valence-corrected chi connectivity index (χ1v) is 9.03. The second-order valence-corrected chi connectivity index (χ2v) is 8.43. The van der Waals surface area contributed by atoms with E-state index >= 15 is 0 Å². The highest BCUT2D eigenvalue weighted by molar-refractivity contribution is 7.92. The summed E-state index contributed by atoms with van der Waals surface area (Å²) in [5.74, 6) is -1.54. The zero-order valence-corrected chi connectivity index (χ0v) is 14.7. The normalized spacial score (nSPS) is 12.5. The van der Waals surface area contributed by atoms with Crippen molar-refractivity contribution in [1.29, 1.82) is 0 Å². The van der Waals surface area contributed by atoms with Gasteiger partial charge in [-0.15, -0.1) is 0 Å². The lowest BCUT2D eigenvalue weighted by molar-refractivity contribution is 0.504. The molecule has 1 aromatic heterocycles. The summed E-state index contributed by atoms with van der Waals surface area (Å²) >= 11 is 0. The minimum atomic E-state index is -4.03. The zero-order valence-electron chi connectivity index (χ0n) is 13.9. The Bertz CT molecular complexity index is 1050. The molecular weight excluding hydrogens is 348 g/mol. The molecule has 0 radical (unpaired) electrons. The van der Waals surface area contributed by atoms with Gasteiger partial charge in [-0.1, -0.05) is 20.8 Å². The molecular formula is C17H17F2N3O2S. The molecule has 3 aromatic rings. The summed E-state index contributed by atoms with van der Waals surface area (Å²) in [5, 5.41) is 0. The van der Waals surface area contributed by atoms with Crippen LogP contribution in [-0.2, 0) is 15.4 Å². The van der Waals surface area contributed by atoms with Crippen LogP contribution in [0.5, 0.6) is 0 Å². The molecule has 25 heavy (non-hydrogen) atoms. The third-order valence-electron chi connectivity index (χ3n) is 3.65. The van der Waals surface area contributed by atoms with E-state index in [0.29, 0.717) is 22.8 Å². The molecule has 0 unspecified atom stereocenters. The number of aromatic amines is 1. The summed E-state index contributed by atoms with van der Waals surface area (Å²) in [6, 6.07) is 7.28. The van der Waals surface area contributed by atoms with Gasteiger partial charge in [-0.3, -0.25) is 4.72 Å². The Morgan fingerprint density at radius 1 is 1.04 bits per heavy atom. The number of aromatic nitrogens is 2. The molecule has 2 N–H and O–H groups in total. The first kappa shape index (κ1) is 17.3. The number of halogens is 2. The first-order chi connectivity index (χ1) is 11.6. The molecule has 5 nitrogen and oxygen atoms in total. The van der Waals surface area contributed by atoms with Crippen LogP contribution in [0.1, 0.15) is 26.6 Å². The van der Waals surface area contributed by atoms with Crippen LogP contribution in [0.2, 0.25) is 0 Å². The Morgan fingerprint density at radius 3 is 2.40 bits per heavy atom. The highest BCUT2D eigenvalue weighted by Gasteiger charge is 2.20. The zero-order chi connectivity index (χ0) is 18.4. The number of nitrogens with zero attached hydrogens (tertiary/aromatic N) is 1. The summed E-state index contributed by atoms with van der Waals surface area (Å²) in [6.45, 7) is 6.03. The van der Waals surface area contributed by atoms with Crippen LogP contribution in [0.15, 0.2) is 41.3 Å². The second kappa shape index (κ2) is 5.80. The average molecular weight is 365 g/mol. The van der Waals surface area contributed by atoms with Crippen molar-refractivity contribution in [3.8, 4) is 0 Å². The van der Waals surface area contributed by atoms with Crippen molar-refractivity contribution in [2.45, 2.75) is 31.1 Å². The van der Waals surface area contributed by atoms with Crippen LogP contribution < -0.4 is 4.72 Å². The molecule has 0 aliphatic carbocycles. The van der Waals surface area contributed by atoms with Gasteiger partial charge in [0.2, 0.25) is 0 Å². The SMILES string of the molecule is CC(C)(C)c1nc2ccc(NS(=O)(=O)c3ccc(F)c(F)c3)cc2[nH]1. The fourth-order valence-corrected chi connectivity index (χ4v) is 3.35. The van der Waals surface area contributed by atoms with Crippen molar-refractivity contribution < 1.29 is 17.2 Å². The number of fused-ring (bicyclic) bond motifs is 1. The number of imidazole rings is 1. The smallest absolute Gasteiger partial charge is 0.262 e. The number of benzene rings is 2. The number of hydrogen-bond acceptors (Lipinski definition) is 3. The van der Waals surface area contributed by atoms with Gasteiger partial charge in [-0.2, -0.15) is 0 Å². The van der Waals surface area contributed by atoms with Gasteiger partial charge in [-0.25, -0.2) is 22.2 Å². The third-order valence-corrected chi connectivity index (χ3v) is 5.02. The molecule has 0 amide bonds. The number of nitrogens with one attached hydrogen (secondary N) is 2. The maximum Gasteiger partial charge on any atom is 0.262 e. The molecule has 0 saturated carbocycles. The minimum absolute atomic E-state index is 0.176. The summed E-state index contributed by atoms with van der Waals surface area (Å²) in [4.78, 5) is 7.28. The molecule has 0 aliphatic rings. The standard InChI is InChI=1S/C17H17F2N3O2S/c1-17(2,3)16-20-14-7-4-10(8-15(14)21-16)22-25(23,24)11-5-6-12(18)13(19)9-11/h4-9,22H,1-3H3,(H,20,21). The van der Waals surface area contributed by atoms with Crippen LogP contribution in [0.4, 0.5) is 14.5 Å². The van der Waals surface area contributed by atoms with Gasteiger partial charge >= 0.3 is 0 Å². The Kier molecular flexibility index (Phi) is 4.03. The minimum Gasteiger partial charge on any atom is -0.341 e. The van der Waals surface area contributed by atoms with E-state index in [9.17, 15) is 17.2 Å². The molecule has 8 heteroatoms. The van der Waals surface area contributed by atoms with Crippen molar-refractivity contribution in [2.75, 3.05) is 4.72 Å². The van der Waals surface area contributed by atoms with Crippen molar-refractivity contribution in [3.05, 3.63) is 53.9 Å². The lowest BCUT2D eigenvalue weighted by atomic mass is 9.96. The lowest BCUT2D eigenvalue weighted by Crippen LogP contribution is -2.13. The molecule has 0 spiro atoms. The molecule has 1 heterocycles. The summed E-state index contributed by atoms with van der Waals surface area (Å²) in [6.07, 6.45) is 0. The first-order valence-electron chi connectivity index (χ1n) is 7.54. The Hall–Kier alpha value is -2.48. The topological polar surface area (TPSA) is 74.8 Å². The van der Waals surface area contributed by atoms with E-state index in [-0.39, 0.29) is 10.3 Å². The van der Waals surface area contributed by atoms with E-state index in [0.717, 1.165) is 18.0 Å². The number of anilines is 1. The van der Waals surface area contributed by atoms with Gasteiger partial charge in [0, 0.05) is 5.41 Å². The van der Waals surface area contributed by atoms with Crippen molar-refractivity contribution in [2.24, 2.45) is 0 Å². The fraction of sp³-hybridized carbons (Fsp3) is 0.235. The Morgan fingerprint density at radius 2 is 1.76 bits per heavy atom. The molecule has 0 fully saturated rings.